The maximum Gasteiger partial charge on any atom is 0.573 e. The van der Waals surface area contributed by atoms with Crippen molar-refractivity contribution in [1.82, 2.24) is 5.32 Å². The molecule has 2 aliphatic rings. The second-order valence-electron chi connectivity index (χ2n) is 5.86. The third-order valence-corrected chi connectivity index (χ3v) is 5.61. The van der Waals surface area contributed by atoms with E-state index in [1.165, 1.54) is 23.9 Å². The fourth-order valence-electron chi connectivity index (χ4n) is 2.94. The molecule has 0 radical (unpaired) electrons. The second kappa shape index (κ2) is 5.91. The summed E-state index contributed by atoms with van der Waals surface area (Å²) in [5, 5.41) is 6.25. The predicted octanol–water partition coefficient (Wildman–Crippen LogP) is 4.39. The summed E-state index contributed by atoms with van der Waals surface area (Å²) >= 11 is 1.17. The third kappa shape index (κ3) is 3.19. The fraction of sp³-hybridized carbons (Fsp3) is 0.438. The minimum absolute atomic E-state index is 0.190. The first-order valence-corrected chi connectivity index (χ1v) is 8.47. The van der Waals surface area contributed by atoms with E-state index >= 15 is 0 Å². The lowest BCUT2D eigenvalue weighted by Crippen LogP contribution is -2.52. The Morgan fingerprint density at radius 1 is 1.29 bits per heavy atom. The van der Waals surface area contributed by atoms with Gasteiger partial charge in [0.2, 0.25) is 0 Å². The van der Waals surface area contributed by atoms with E-state index in [0.29, 0.717) is 21.9 Å². The molecule has 2 heterocycles. The van der Waals surface area contributed by atoms with Crippen molar-refractivity contribution >= 4 is 23.4 Å². The van der Waals surface area contributed by atoms with Gasteiger partial charge in [0.15, 0.2) is 0 Å². The number of nitrogens with one attached hydrogen (secondary N) is 2. The third-order valence-electron chi connectivity index (χ3n) is 4.41. The summed E-state index contributed by atoms with van der Waals surface area (Å²) in [4.78, 5) is 13.5. The van der Waals surface area contributed by atoms with Crippen molar-refractivity contribution in [3.8, 4) is 5.75 Å². The lowest BCUT2D eigenvalue weighted by atomic mass is 9.85. The van der Waals surface area contributed by atoms with Crippen LogP contribution in [0.2, 0.25) is 0 Å². The molecule has 1 amide bonds. The molecule has 0 unspecified atom stereocenters. The van der Waals surface area contributed by atoms with Crippen LogP contribution >= 0.6 is 11.8 Å². The zero-order valence-corrected chi connectivity index (χ0v) is 14.0. The summed E-state index contributed by atoms with van der Waals surface area (Å²) in [6.45, 7) is 4.06. The van der Waals surface area contributed by atoms with E-state index in [-0.39, 0.29) is 17.2 Å². The number of carbonyl (C=O) groups is 1. The quantitative estimate of drug-likeness (QED) is 0.841. The molecule has 24 heavy (non-hydrogen) atoms. The van der Waals surface area contributed by atoms with Crippen LogP contribution in [0.1, 0.15) is 33.1 Å². The number of hydrogen-bond donors (Lipinski definition) is 2. The number of carbonyl (C=O) groups excluding carboxylic acids is 1. The highest BCUT2D eigenvalue weighted by Crippen LogP contribution is 2.46. The molecule has 0 aliphatic carbocycles. The van der Waals surface area contributed by atoms with Crippen LogP contribution in [-0.4, -0.2) is 17.8 Å². The van der Waals surface area contributed by atoms with Gasteiger partial charge in [0.1, 0.15) is 5.75 Å². The molecule has 0 atom stereocenters. The molecule has 0 spiro atoms. The van der Waals surface area contributed by atoms with Crippen LogP contribution in [-0.2, 0) is 4.79 Å². The van der Waals surface area contributed by atoms with Gasteiger partial charge in [-0.2, -0.15) is 0 Å². The average Bonchev–Trinajstić information content (AvgIpc) is 2.52. The summed E-state index contributed by atoms with van der Waals surface area (Å²) in [5.41, 5.74) is 1.23. The number of halogens is 3. The Balaban J connectivity index is 1.89. The minimum Gasteiger partial charge on any atom is -0.406 e. The highest BCUT2D eigenvalue weighted by Gasteiger charge is 2.39. The van der Waals surface area contributed by atoms with Crippen LogP contribution in [0.4, 0.5) is 18.9 Å². The van der Waals surface area contributed by atoms with Crippen molar-refractivity contribution in [2.75, 3.05) is 5.32 Å². The van der Waals surface area contributed by atoms with E-state index in [2.05, 4.69) is 15.4 Å². The monoisotopic (exact) mass is 358 g/mol. The zero-order valence-electron chi connectivity index (χ0n) is 13.2. The Kier molecular flexibility index (Phi) is 4.19. The maximum absolute atomic E-state index is 12.4. The van der Waals surface area contributed by atoms with Gasteiger partial charge in [-0.25, -0.2) is 0 Å². The molecular formula is C16H17F3N2O2S. The first-order valence-electron chi connectivity index (χ1n) is 7.65. The van der Waals surface area contributed by atoms with Crippen molar-refractivity contribution in [2.24, 2.45) is 0 Å². The Hall–Kier alpha value is -1.83. The Morgan fingerprint density at radius 3 is 2.62 bits per heavy atom. The van der Waals surface area contributed by atoms with Crippen molar-refractivity contribution in [1.29, 1.82) is 0 Å². The van der Waals surface area contributed by atoms with Gasteiger partial charge >= 0.3 is 6.36 Å². The standard InChI is InChI=1S/C16H17F3N2O2S/c1-3-15(4-2)8-11-13(14(22)21-15)24-12-7-9(23-16(17,18)19)5-6-10(12)20-11/h5-7,20H,3-4,8H2,1-2H3,(H,21,22). The lowest BCUT2D eigenvalue weighted by Gasteiger charge is -2.40. The molecule has 4 nitrogen and oxygen atoms in total. The van der Waals surface area contributed by atoms with Crippen LogP contribution in [0.25, 0.3) is 0 Å². The Bertz CT molecular complexity index is 712. The Morgan fingerprint density at radius 2 is 2.00 bits per heavy atom. The maximum atomic E-state index is 12.4. The number of anilines is 1. The van der Waals surface area contributed by atoms with Gasteiger partial charge < -0.3 is 15.4 Å². The van der Waals surface area contributed by atoms with Crippen LogP contribution in [0.5, 0.6) is 5.75 Å². The highest BCUT2D eigenvalue weighted by atomic mass is 32.2. The summed E-state index contributed by atoms with van der Waals surface area (Å²) in [6, 6.07) is 4.10. The molecule has 2 N–H and O–H groups in total. The topological polar surface area (TPSA) is 50.4 Å². The van der Waals surface area contributed by atoms with Gasteiger partial charge in [-0.3, -0.25) is 4.79 Å². The van der Waals surface area contributed by atoms with Gasteiger partial charge in [-0.05, 0) is 31.0 Å². The molecule has 0 bridgehead atoms. The van der Waals surface area contributed by atoms with Crippen molar-refractivity contribution in [2.45, 2.75) is 49.9 Å². The molecule has 130 valence electrons. The number of amides is 1. The summed E-state index contributed by atoms with van der Waals surface area (Å²) < 4.78 is 41.0. The predicted molar refractivity (Wildman–Crippen MR) is 85.7 cm³/mol. The molecule has 3 rings (SSSR count). The van der Waals surface area contributed by atoms with E-state index in [1.54, 1.807) is 6.07 Å². The van der Waals surface area contributed by atoms with E-state index in [1.807, 2.05) is 13.8 Å². The van der Waals surface area contributed by atoms with Gasteiger partial charge in [0.05, 0.1) is 10.6 Å². The molecule has 0 aromatic heterocycles. The summed E-state index contributed by atoms with van der Waals surface area (Å²) in [7, 11) is 0. The van der Waals surface area contributed by atoms with Crippen LogP contribution in [0, 0.1) is 0 Å². The average molecular weight is 358 g/mol. The highest BCUT2D eigenvalue weighted by molar-refractivity contribution is 8.04. The number of thioether (sulfide) groups is 1. The zero-order chi connectivity index (χ0) is 17.5. The number of ether oxygens (including phenoxy) is 1. The molecule has 0 fully saturated rings. The van der Waals surface area contributed by atoms with Gasteiger partial charge in [0.25, 0.3) is 5.91 Å². The van der Waals surface area contributed by atoms with Gasteiger partial charge in [-0.15, -0.1) is 13.2 Å². The molecule has 0 saturated carbocycles. The number of benzene rings is 1. The van der Waals surface area contributed by atoms with Crippen LogP contribution in [0.15, 0.2) is 33.7 Å². The number of hydrogen-bond acceptors (Lipinski definition) is 4. The number of alkyl halides is 3. The van der Waals surface area contributed by atoms with Crippen molar-refractivity contribution in [3.63, 3.8) is 0 Å². The molecule has 1 aromatic carbocycles. The SMILES string of the molecule is CCC1(CC)CC2=C(Sc3cc(OC(F)(F)F)ccc3N2)C(=O)N1. The summed E-state index contributed by atoms with van der Waals surface area (Å²) in [6.07, 6.45) is -2.45. The molecule has 2 aliphatic heterocycles. The molecule has 0 saturated heterocycles. The van der Waals surface area contributed by atoms with E-state index in [0.717, 1.165) is 18.5 Å². The largest absolute Gasteiger partial charge is 0.573 e. The molecular weight excluding hydrogens is 341 g/mol. The minimum atomic E-state index is -4.74. The summed E-state index contributed by atoms with van der Waals surface area (Å²) in [5.74, 6) is -0.488. The Labute approximate surface area is 141 Å². The fourth-order valence-corrected chi connectivity index (χ4v) is 3.96. The molecule has 8 heteroatoms. The second-order valence-corrected chi connectivity index (χ2v) is 6.91. The first-order chi connectivity index (χ1) is 11.3. The smallest absolute Gasteiger partial charge is 0.406 e. The number of fused-ring (bicyclic) bond motifs is 1. The number of rotatable bonds is 3. The lowest BCUT2D eigenvalue weighted by molar-refractivity contribution is -0.274. The van der Waals surface area contributed by atoms with E-state index in [4.69, 9.17) is 0 Å². The van der Waals surface area contributed by atoms with Crippen LogP contribution in [0.3, 0.4) is 0 Å². The molecule has 1 aromatic rings. The van der Waals surface area contributed by atoms with Crippen LogP contribution < -0.4 is 15.4 Å². The normalized spacial score (nSPS) is 19.1. The van der Waals surface area contributed by atoms with Crippen molar-refractivity contribution in [3.05, 3.63) is 28.8 Å². The van der Waals surface area contributed by atoms with Gasteiger partial charge in [-0.1, -0.05) is 25.6 Å². The first kappa shape index (κ1) is 17.0. The van der Waals surface area contributed by atoms with Gasteiger partial charge in [0, 0.05) is 22.6 Å². The van der Waals surface area contributed by atoms with E-state index in [9.17, 15) is 18.0 Å². The van der Waals surface area contributed by atoms with Crippen molar-refractivity contribution < 1.29 is 22.7 Å². The van der Waals surface area contributed by atoms with E-state index < -0.39 is 6.36 Å².